The van der Waals surface area contributed by atoms with Crippen LogP contribution in [0, 0.1) is 0 Å². The van der Waals surface area contributed by atoms with Gasteiger partial charge < -0.3 is 11.5 Å². The van der Waals surface area contributed by atoms with Gasteiger partial charge in [-0.25, -0.2) is 4.98 Å². The number of nitrogens with two attached hydrogens (primary N) is 2. The van der Waals surface area contributed by atoms with Crippen LogP contribution in [0.5, 0.6) is 0 Å². The van der Waals surface area contributed by atoms with E-state index in [2.05, 4.69) is 34.1 Å². The number of anilines is 1. The van der Waals surface area contributed by atoms with Crippen molar-refractivity contribution in [3.63, 3.8) is 0 Å². The first-order valence-electron chi connectivity index (χ1n) is 6.44. The van der Waals surface area contributed by atoms with E-state index >= 15 is 0 Å². The minimum absolute atomic E-state index is 0.630. The van der Waals surface area contributed by atoms with Crippen molar-refractivity contribution in [2.45, 2.75) is 13.0 Å². The summed E-state index contributed by atoms with van der Waals surface area (Å²) in [6.07, 6.45) is 2.89. The Hall–Kier alpha value is -1.43. The van der Waals surface area contributed by atoms with Crippen LogP contribution in [0.4, 0.5) is 5.13 Å². The van der Waals surface area contributed by atoms with E-state index in [0.717, 1.165) is 26.1 Å². The van der Waals surface area contributed by atoms with Crippen LogP contribution in [0.15, 0.2) is 36.5 Å². The second-order valence-electron chi connectivity index (χ2n) is 4.47. The molecule has 4 nitrogen and oxygen atoms in total. The van der Waals surface area contributed by atoms with Gasteiger partial charge in [-0.05, 0) is 12.0 Å². The molecule has 0 aliphatic heterocycles. The fourth-order valence-corrected chi connectivity index (χ4v) is 2.73. The highest BCUT2D eigenvalue weighted by Crippen LogP contribution is 2.16. The fraction of sp³-hybridized carbons (Fsp3) is 0.357. The number of benzene rings is 1. The molecule has 4 N–H and O–H groups in total. The maximum Gasteiger partial charge on any atom is 0.180 e. The zero-order valence-corrected chi connectivity index (χ0v) is 11.8. The summed E-state index contributed by atoms with van der Waals surface area (Å²) in [6.45, 7) is 3.44. The van der Waals surface area contributed by atoms with Crippen LogP contribution in [-0.2, 0) is 13.0 Å². The Kier molecular flexibility index (Phi) is 5.32. The lowest BCUT2D eigenvalue weighted by molar-refractivity contribution is 0.278. The molecule has 0 saturated heterocycles. The Labute approximate surface area is 118 Å². The Bertz CT molecular complexity index is 483. The molecular weight excluding hydrogens is 256 g/mol. The summed E-state index contributed by atoms with van der Waals surface area (Å²) in [5, 5.41) is 0.630. The van der Waals surface area contributed by atoms with E-state index in [1.807, 2.05) is 12.3 Å². The highest BCUT2D eigenvalue weighted by atomic mass is 32.1. The van der Waals surface area contributed by atoms with Crippen molar-refractivity contribution in [2.75, 3.05) is 25.4 Å². The molecule has 2 rings (SSSR count). The van der Waals surface area contributed by atoms with Gasteiger partial charge in [0.1, 0.15) is 0 Å². The molecule has 102 valence electrons. The number of nitrogen functional groups attached to an aromatic ring is 1. The monoisotopic (exact) mass is 276 g/mol. The van der Waals surface area contributed by atoms with Crippen molar-refractivity contribution < 1.29 is 0 Å². The molecule has 1 aromatic carbocycles. The summed E-state index contributed by atoms with van der Waals surface area (Å²) in [4.78, 5) is 7.63. The first kappa shape index (κ1) is 14.0. The molecule has 5 heteroatoms. The van der Waals surface area contributed by atoms with Gasteiger partial charge in [0.25, 0.3) is 0 Å². The van der Waals surface area contributed by atoms with Crippen molar-refractivity contribution >= 4 is 16.5 Å². The van der Waals surface area contributed by atoms with E-state index in [-0.39, 0.29) is 0 Å². The Morgan fingerprint density at radius 3 is 2.58 bits per heavy atom. The van der Waals surface area contributed by atoms with Crippen LogP contribution in [0.1, 0.15) is 10.4 Å². The van der Waals surface area contributed by atoms with Crippen LogP contribution < -0.4 is 11.5 Å². The molecule has 0 aliphatic rings. The quantitative estimate of drug-likeness (QED) is 0.808. The zero-order chi connectivity index (χ0) is 13.5. The first-order valence-corrected chi connectivity index (χ1v) is 7.26. The largest absolute Gasteiger partial charge is 0.375 e. The Morgan fingerprint density at radius 2 is 1.95 bits per heavy atom. The second kappa shape index (κ2) is 7.23. The van der Waals surface area contributed by atoms with E-state index in [0.29, 0.717) is 11.7 Å². The summed E-state index contributed by atoms with van der Waals surface area (Å²) in [5.41, 5.74) is 12.7. The zero-order valence-electron chi connectivity index (χ0n) is 11.0. The molecule has 0 unspecified atom stereocenters. The lowest BCUT2D eigenvalue weighted by atomic mass is 10.1. The molecule has 0 spiro atoms. The van der Waals surface area contributed by atoms with Crippen molar-refractivity contribution in [1.29, 1.82) is 0 Å². The minimum atomic E-state index is 0.630. The van der Waals surface area contributed by atoms with Crippen LogP contribution in [0.3, 0.4) is 0 Å². The molecule has 0 radical (unpaired) electrons. The molecule has 0 amide bonds. The third kappa shape index (κ3) is 4.63. The standard InChI is InChI=1S/C14H20N4S/c15-7-9-18(11-13-10-17-14(16)19-13)8-6-12-4-2-1-3-5-12/h1-5,10H,6-9,11,15H2,(H2,16,17). The molecule has 2 aromatic rings. The summed E-state index contributed by atoms with van der Waals surface area (Å²) >= 11 is 1.55. The second-order valence-corrected chi connectivity index (χ2v) is 5.61. The molecule has 0 bridgehead atoms. The first-order chi connectivity index (χ1) is 9.28. The smallest absolute Gasteiger partial charge is 0.180 e. The maximum atomic E-state index is 5.68. The number of hydrogen-bond acceptors (Lipinski definition) is 5. The lowest BCUT2D eigenvalue weighted by Crippen LogP contribution is -2.30. The number of hydrogen-bond donors (Lipinski definition) is 2. The lowest BCUT2D eigenvalue weighted by Gasteiger charge is -2.20. The highest BCUT2D eigenvalue weighted by Gasteiger charge is 2.07. The normalized spacial score (nSPS) is 11.1. The summed E-state index contributed by atoms with van der Waals surface area (Å²) < 4.78 is 0. The van der Waals surface area contributed by atoms with Gasteiger partial charge in [0, 0.05) is 37.3 Å². The highest BCUT2D eigenvalue weighted by molar-refractivity contribution is 7.15. The third-order valence-electron chi connectivity index (χ3n) is 2.96. The van der Waals surface area contributed by atoms with Crippen molar-refractivity contribution in [3.05, 3.63) is 47.0 Å². The van der Waals surface area contributed by atoms with E-state index in [4.69, 9.17) is 11.5 Å². The van der Waals surface area contributed by atoms with Gasteiger partial charge in [-0.1, -0.05) is 30.3 Å². The maximum absolute atomic E-state index is 5.68. The van der Waals surface area contributed by atoms with Gasteiger partial charge >= 0.3 is 0 Å². The van der Waals surface area contributed by atoms with Gasteiger partial charge in [-0.15, -0.1) is 11.3 Å². The van der Waals surface area contributed by atoms with Crippen molar-refractivity contribution in [1.82, 2.24) is 9.88 Å². The van der Waals surface area contributed by atoms with Crippen LogP contribution in [0.25, 0.3) is 0 Å². The van der Waals surface area contributed by atoms with Gasteiger partial charge in [-0.3, -0.25) is 4.90 Å². The number of thiazole rings is 1. The van der Waals surface area contributed by atoms with E-state index < -0.39 is 0 Å². The predicted molar refractivity (Wildman–Crippen MR) is 81.0 cm³/mol. The number of aromatic nitrogens is 1. The van der Waals surface area contributed by atoms with Crippen LogP contribution in [-0.4, -0.2) is 29.5 Å². The molecule has 1 aromatic heterocycles. The van der Waals surface area contributed by atoms with Gasteiger partial charge in [0.2, 0.25) is 0 Å². The molecule has 0 atom stereocenters. The van der Waals surface area contributed by atoms with E-state index in [1.54, 1.807) is 11.3 Å². The molecular formula is C14H20N4S. The summed E-state index contributed by atoms with van der Waals surface area (Å²) in [5.74, 6) is 0. The van der Waals surface area contributed by atoms with Crippen molar-refractivity contribution in [2.24, 2.45) is 5.73 Å². The number of rotatable bonds is 7. The molecule has 0 aliphatic carbocycles. The van der Waals surface area contributed by atoms with Crippen LogP contribution in [0.2, 0.25) is 0 Å². The molecule has 0 saturated carbocycles. The van der Waals surface area contributed by atoms with Gasteiger partial charge in [-0.2, -0.15) is 0 Å². The topological polar surface area (TPSA) is 68.2 Å². The summed E-state index contributed by atoms with van der Waals surface area (Å²) in [7, 11) is 0. The van der Waals surface area contributed by atoms with E-state index in [1.165, 1.54) is 10.4 Å². The number of nitrogens with zero attached hydrogens (tertiary/aromatic N) is 2. The Morgan fingerprint density at radius 1 is 1.16 bits per heavy atom. The van der Waals surface area contributed by atoms with E-state index in [9.17, 15) is 0 Å². The predicted octanol–water partition coefficient (Wildman–Crippen LogP) is 1.73. The average molecular weight is 276 g/mol. The van der Waals surface area contributed by atoms with Gasteiger partial charge in [0.05, 0.1) is 0 Å². The average Bonchev–Trinajstić information content (AvgIpc) is 2.83. The molecule has 1 heterocycles. The van der Waals surface area contributed by atoms with Gasteiger partial charge in [0.15, 0.2) is 5.13 Å². The fourth-order valence-electron chi connectivity index (χ4n) is 2.00. The molecule has 19 heavy (non-hydrogen) atoms. The molecule has 0 fully saturated rings. The van der Waals surface area contributed by atoms with Crippen molar-refractivity contribution in [3.8, 4) is 0 Å². The van der Waals surface area contributed by atoms with Crippen LogP contribution >= 0.6 is 11.3 Å². The Balaban J connectivity index is 1.89. The SMILES string of the molecule is NCCN(CCc1ccccc1)Cc1cnc(N)s1. The minimum Gasteiger partial charge on any atom is -0.375 e. The summed E-state index contributed by atoms with van der Waals surface area (Å²) in [6, 6.07) is 10.5. The third-order valence-corrected chi connectivity index (χ3v) is 3.77.